The molecule has 8 heteroatoms. The summed E-state index contributed by atoms with van der Waals surface area (Å²) in [6.45, 7) is 5.37. The molecular formula is C23H35N5O3. The highest BCUT2D eigenvalue weighted by molar-refractivity contribution is 5.76. The zero-order valence-electron chi connectivity index (χ0n) is 18.5. The minimum absolute atomic E-state index is 0.0667. The Labute approximate surface area is 184 Å². The standard InChI is InChI=1S/C23H35N5O3/c1-25-10-5-12-28(23(25)31)20-8-4-11-27(16-20)22(30)24-14-21(29)17-26-13-9-18-6-2-3-7-19(18)15-26/h2-3,6-7,20-21,29H,4-5,8-17H2,1H3,(H,24,30)/t20-,21+/m1/s1. The third-order valence-electron chi connectivity index (χ3n) is 6.76. The summed E-state index contributed by atoms with van der Waals surface area (Å²) < 4.78 is 0. The van der Waals surface area contributed by atoms with E-state index in [9.17, 15) is 14.7 Å². The smallest absolute Gasteiger partial charge is 0.320 e. The largest absolute Gasteiger partial charge is 0.390 e. The van der Waals surface area contributed by atoms with Crippen LogP contribution in [0.2, 0.25) is 0 Å². The van der Waals surface area contributed by atoms with Crippen LogP contribution in [-0.4, -0.2) is 102 Å². The van der Waals surface area contributed by atoms with Gasteiger partial charge in [-0.25, -0.2) is 9.59 Å². The number of fused-ring (bicyclic) bond motifs is 1. The van der Waals surface area contributed by atoms with Crippen LogP contribution in [0.5, 0.6) is 0 Å². The molecule has 3 aliphatic rings. The lowest BCUT2D eigenvalue weighted by atomic mass is 10.00. The van der Waals surface area contributed by atoms with Crippen molar-refractivity contribution in [1.82, 2.24) is 24.9 Å². The predicted molar refractivity (Wildman–Crippen MR) is 119 cm³/mol. The molecule has 4 amide bonds. The molecular weight excluding hydrogens is 394 g/mol. The number of β-amino-alcohol motifs (C(OH)–C–C–N with tert-alkyl or cyclic N) is 1. The van der Waals surface area contributed by atoms with E-state index in [0.29, 0.717) is 19.6 Å². The van der Waals surface area contributed by atoms with E-state index in [1.165, 1.54) is 11.1 Å². The number of nitrogens with zero attached hydrogens (tertiary/aromatic N) is 4. The Hall–Kier alpha value is -2.32. The number of hydrogen-bond acceptors (Lipinski definition) is 4. The lowest BCUT2D eigenvalue weighted by molar-refractivity contribution is 0.0823. The maximum absolute atomic E-state index is 12.7. The second-order valence-electron chi connectivity index (χ2n) is 9.09. The molecule has 2 atom stereocenters. The number of likely N-dealkylation sites (tertiary alicyclic amines) is 1. The lowest BCUT2D eigenvalue weighted by Gasteiger charge is -2.43. The fourth-order valence-corrected chi connectivity index (χ4v) is 5.01. The molecule has 1 aromatic carbocycles. The van der Waals surface area contributed by atoms with Gasteiger partial charge in [0.25, 0.3) is 0 Å². The van der Waals surface area contributed by atoms with Gasteiger partial charge >= 0.3 is 12.1 Å². The van der Waals surface area contributed by atoms with Gasteiger partial charge in [-0.1, -0.05) is 24.3 Å². The molecule has 3 aliphatic heterocycles. The molecule has 0 aromatic heterocycles. The Morgan fingerprint density at radius 3 is 2.81 bits per heavy atom. The van der Waals surface area contributed by atoms with Crippen LogP contribution < -0.4 is 5.32 Å². The van der Waals surface area contributed by atoms with Gasteiger partial charge in [0, 0.05) is 59.4 Å². The maximum Gasteiger partial charge on any atom is 0.320 e. The molecule has 0 unspecified atom stereocenters. The number of carbonyl (C=O) groups excluding carboxylic acids is 2. The Balaban J connectivity index is 1.22. The number of benzene rings is 1. The second kappa shape index (κ2) is 9.87. The van der Waals surface area contributed by atoms with E-state index < -0.39 is 6.10 Å². The molecule has 0 spiro atoms. The zero-order valence-corrected chi connectivity index (χ0v) is 18.5. The van der Waals surface area contributed by atoms with Crippen molar-refractivity contribution in [3.8, 4) is 0 Å². The highest BCUT2D eigenvalue weighted by Crippen LogP contribution is 2.21. The summed E-state index contributed by atoms with van der Waals surface area (Å²) in [7, 11) is 1.84. The summed E-state index contributed by atoms with van der Waals surface area (Å²) in [4.78, 5) is 32.9. The van der Waals surface area contributed by atoms with Crippen LogP contribution in [-0.2, 0) is 13.0 Å². The van der Waals surface area contributed by atoms with Gasteiger partial charge in [-0.2, -0.15) is 0 Å². The number of amides is 4. The number of hydrogen-bond donors (Lipinski definition) is 2. The van der Waals surface area contributed by atoms with Crippen LogP contribution in [0.1, 0.15) is 30.4 Å². The molecule has 2 fully saturated rings. The summed E-state index contributed by atoms with van der Waals surface area (Å²) >= 11 is 0. The molecule has 3 heterocycles. The average molecular weight is 430 g/mol. The van der Waals surface area contributed by atoms with Gasteiger partial charge in [-0.05, 0) is 36.8 Å². The number of urea groups is 2. The SMILES string of the molecule is CN1CCCN([C@@H]2CCCN(C(=O)NC[C@H](O)CN3CCc4ccccc4C3)C2)C1=O. The monoisotopic (exact) mass is 429 g/mol. The van der Waals surface area contributed by atoms with E-state index in [0.717, 1.165) is 51.9 Å². The quantitative estimate of drug-likeness (QED) is 0.740. The fraction of sp³-hybridized carbons (Fsp3) is 0.652. The molecule has 4 rings (SSSR count). The van der Waals surface area contributed by atoms with Gasteiger partial charge < -0.3 is 25.1 Å². The van der Waals surface area contributed by atoms with Gasteiger partial charge in [0.1, 0.15) is 0 Å². The van der Waals surface area contributed by atoms with Crippen molar-refractivity contribution in [2.45, 2.75) is 44.4 Å². The molecule has 0 bridgehead atoms. The van der Waals surface area contributed by atoms with Crippen molar-refractivity contribution in [3.63, 3.8) is 0 Å². The Kier molecular flexibility index (Phi) is 6.97. The Bertz CT molecular complexity index is 788. The Morgan fingerprint density at radius 2 is 1.97 bits per heavy atom. The zero-order chi connectivity index (χ0) is 21.8. The van der Waals surface area contributed by atoms with Crippen LogP contribution >= 0.6 is 0 Å². The first kappa shape index (κ1) is 21.9. The number of carbonyl (C=O) groups is 2. The van der Waals surface area contributed by atoms with E-state index in [2.05, 4.69) is 34.5 Å². The highest BCUT2D eigenvalue weighted by Gasteiger charge is 2.33. The van der Waals surface area contributed by atoms with Gasteiger partial charge in [-0.15, -0.1) is 0 Å². The summed E-state index contributed by atoms with van der Waals surface area (Å²) in [5.41, 5.74) is 2.71. The van der Waals surface area contributed by atoms with Gasteiger partial charge in [0.15, 0.2) is 0 Å². The van der Waals surface area contributed by atoms with Crippen molar-refractivity contribution in [2.24, 2.45) is 0 Å². The van der Waals surface area contributed by atoms with Crippen molar-refractivity contribution in [3.05, 3.63) is 35.4 Å². The van der Waals surface area contributed by atoms with E-state index in [4.69, 9.17) is 0 Å². The normalized spacial score (nSPS) is 23.5. The second-order valence-corrected chi connectivity index (χ2v) is 9.09. The Morgan fingerprint density at radius 1 is 1.16 bits per heavy atom. The first-order chi connectivity index (χ1) is 15.0. The molecule has 1 aromatic rings. The number of aliphatic hydroxyl groups excluding tert-OH is 1. The molecule has 2 saturated heterocycles. The van der Waals surface area contributed by atoms with Crippen LogP contribution in [0.15, 0.2) is 24.3 Å². The molecule has 0 radical (unpaired) electrons. The highest BCUT2D eigenvalue weighted by atomic mass is 16.3. The number of piperidine rings is 1. The van der Waals surface area contributed by atoms with Crippen molar-refractivity contribution >= 4 is 12.1 Å². The van der Waals surface area contributed by atoms with Crippen LogP contribution in [0.3, 0.4) is 0 Å². The first-order valence-electron chi connectivity index (χ1n) is 11.5. The molecule has 8 nitrogen and oxygen atoms in total. The predicted octanol–water partition coefficient (Wildman–Crippen LogP) is 1.34. The van der Waals surface area contributed by atoms with E-state index in [1.54, 1.807) is 9.80 Å². The lowest BCUT2D eigenvalue weighted by Crippen LogP contribution is -2.58. The molecule has 0 aliphatic carbocycles. The van der Waals surface area contributed by atoms with Crippen LogP contribution in [0.25, 0.3) is 0 Å². The van der Waals surface area contributed by atoms with Crippen molar-refractivity contribution in [2.75, 3.05) is 52.9 Å². The summed E-state index contributed by atoms with van der Waals surface area (Å²) in [6, 6.07) is 8.44. The summed E-state index contributed by atoms with van der Waals surface area (Å²) in [5, 5.41) is 13.4. The van der Waals surface area contributed by atoms with Gasteiger partial charge in [0.2, 0.25) is 0 Å². The number of nitrogens with one attached hydrogen (secondary N) is 1. The number of rotatable bonds is 5. The maximum atomic E-state index is 12.7. The van der Waals surface area contributed by atoms with Gasteiger partial charge in [0.05, 0.1) is 12.1 Å². The van der Waals surface area contributed by atoms with Crippen molar-refractivity contribution in [1.29, 1.82) is 0 Å². The fourth-order valence-electron chi connectivity index (χ4n) is 5.01. The first-order valence-corrected chi connectivity index (χ1v) is 11.5. The molecule has 2 N–H and O–H groups in total. The third kappa shape index (κ3) is 5.30. The van der Waals surface area contributed by atoms with Crippen LogP contribution in [0, 0.1) is 0 Å². The topological polar surface area (TPSA) is 79.4 Å². The van der Waals surface area contributed by atoms with E-state index in [-0.39, 0.29) is 24.6 Å². The number of aliphatic hydroxyl groups is 1. The molecule has 31 heavy (non-hydrogen) atoms. The van der Waals surface area contributed by atoms with Crippen molar-refractivity contribution < 1.29 is 14.7 Å². The minimum atomic E-state index is -0.605. The average Bonchev–Trinajstić information content (AvgIpc) is 2.79. The third-order valence-corrected chi connectivity index (χ3v) is 6.76. The summed E-state index contributed by atoms with van der Waals surface area (Å²) in [6.07, 6.45) is 3.18. The van der Waals surface area contributed by atoms with E-state index >= 15 is 0 Å². The van der Waals surface area contributed by atoms with Crippen LogP contribution in [0.4, 0.5) is 9.59 Å². The molecule has 170 valence electrons. The minimum Gasteiger partial charge on any atom is -0.390 e. The van der Waals surface area contributed by atoms with E-state index in [1.807, 2.05) is 11.9 Å². The molecule has 0 saturated carbocycles. The van der Waals surface area contributed by atoms with Gasteiger partial charge in [-0.3, -0.25) is 4.90 Å². The summed E-state index contributed by atoms with van der Waals surface area (Å²) in [5.74, 6) is 0.